The zero-order valence-electron chi connectivity index (χ0n) is 11.7. The van der Waals surface area contributed by atoms with Gasteiger partial charge < -0.3 is 20.7 Å². The van der Waals surface area contributed by atoms with Crippen LogP contribution in [0.1, 0.15) is 10.4 Å². The predicted octanol–water partition coefficient (Wildman–Crippen LogP) is 0.237. The number of nitrogens with two attached hydrogens (primary N) is 1. The van der Waals surface area contributed by atoms with Gasteiger partial charge in [-0.1, -0.05) is 0 Å². The molecule has 0 bridgehead atoms. The number of carbonyl (C=O) groups is 1. The second kappa shape index (κ2) is 6.51. The fourth-order valence-corrected chi connectivity index (χ4v) is 2.16. The average molecular weight is 294 g/mol. The smallest absolute Gasteiger partial charge is 0.292 e. The molecule has 0 radical (unpaired) electrons. The van der Waals surface area contributed by atoms with Gasteiger partial charge in [0.2, 0.25) is 0 Å². The summed E-state index contributed by atoms with van der Waals surface area (Å²) in [7, 11) is 1.99. The Morgan fingerprint density at radius 2 is 2.38 bits per heavy atom. The number of rotatable bonds is 4. The van der Waals surface area contributed by atoms with E-state index in [9.17, 15) is 14.9 Å². The zero-order valence-corrected chi connectivity index (χ0v) is 11.7. The molecule has 1 unspecified atom stereocenters. The highest BCUT2D eigenvalue weighted by Gasteiger charge is 2.19. The van der Waals surface area contributed by atoms with Crippen LogP contribution in [0.3, 0.4) is 0 Å². The third-order valence-corrected chi connectivity index (χ3v) is 3.32. The number of hydrogen-bond acceptors (Lipinski definition) is 6. The maximum absolute atomic E-state index is 12.0. The van der Waals surface area contributed by atoms with Gasteiger partial charge in [-0.05, 0) is 19.2 Å². The van der Waals surface area contributed by atoms with Crippen LogP contribution in [0.4, 0.5) is 11.4 Å². The molecule has 1 aromatic rings. The van der Waals surface area contributed by atoms with E-state index in [-0.39, 0.29) is 23.4 Å². The Hall–Kier alpha value is -2.19. The lowest BCUT2D eigenvalue weighted by molar-refractivity contribution is -0.383. The fraction of sp³-hybridized carbons (Fsp3) is 0.462. The minimum Gasteiger partial charge on any atom is -0.393 e. The molecule has 1 atom stereocenters. The van der Waals surface area contributed by atoms with Gasteiger partial charge in [-0.25, -0.2) is 0 Å². The summed E-state index contributed by atoms with van der Waals surface area (Å²) >= 11 is 0. The number of nitro groups is 1. The Labute approximate surface area is 122 Å². The highest BCUT2D eigenvalue weighted by atomic mass is 16.6. The van der Waals surface area contributed by atoms with Crippen molar-refractivity contribution in [2.75, 3.05) is 39.0 Å². The summed E-state index contributed by atoms with van der Waals surface area (Å²) in [5, 5.41) is 13.4. The van der Waals surface area contributed by atoms with Crippen molar-refractivity contribution in [1.29, 1.82) is 0 Å². The van der Waals surface area contributed by atoms with Crippen LogP contribution in [0.2, 0.25) is 0 Å². The molecule has 0 spiro atoms. The van der Waals surface area contributed by atoms with Crippen LogP contribution in [-0.4, -0.2) is 55.1 Å². The van der Waals surface area contributed by atoms with Gasteiger partial charge in [0.25, 0.3) is 11.6 Å². The molecular formula is C13H18N4O4. The third-order valence-electron chi connectivity index (χ3n) is 3.32. The second-order valence-electron chi connectivity index (χ2n) is 5.00. The molecule has 1 saturated heterocycles. The summed E-state index contributed by atoms with van der Waals surface area (Å²) in [5.74, 6) is -0.326. The number of morpholine rings is 1. The molecule has 114 valence electrons. The highest BCUT2D eigenvalue weighted by molar-refractivity contribution is 5.95. The molecule has 3 N–H and O–H groups in total. The molecule has 8 nitrogen and oxygen atoms in total. The van der Waals surface area contributed by atoms with E-state index in [0.717, 1.165) is 13.1 Å². The van der Waals surface area contributed by atoms with Gasteiger partial charge in [0, 0.05) is 31.3 Å². The lowest BCUT2D eigenvalue weighted by Gasteiger charge is -2.30. The van der Waals surface area contributed by atoms with E-state index >= 15 is 0 Å². The first-order valence-corrected chi connectivity index (χ1v) is 6.59. The molecule has 21 heavy (non-hydrogen) atoms. The van der Waals surface area contributed by atoms with Gasteiger partial charge in [-0.15, -0.1) is 0 Å². The summed E-state index contributed by atoms with van der Waals surface area (Å²) in [6, 6.07) is 3.92. The molecule has 2 rings (SSSR count). The van der Waals surface area contributed by atoms with E-state index < -0.39 is 4.92 Å². The van der Waals surface area contributed by atoms with Crippen molar-refractivity contribution in [2.24, 2.45) is 0 Å². The number of anilines is 1. The number of amides is 1. The number of nitrogen functional groups attached to an aromatic ring is 1. The Kier molecular flexibility index (Phi) is 4.71. The summed E-state index contributed by atoms with van der Waals surface area (Å²) in [5.41, 5.74) is 5.63. The lowest BCUT2D eigenvalue weighted by Crippen LogP contribution is -2.45. The van der Waals surface area contributed by atoms with Crippen LogP contribution in [0.5, 0.6) is 0 Å². The first-order chi connectivity index (χ1) is 9.97. The summed E-state index contributed by atoms with van der Waals surface area (Å²) in [6.45, 7) is 2.66. The Balaban J connectivity index is 1.94. The number of likely N-dealkylation sites (N-methyl/N-ethyl adjacent to an activating group) is 1. The van der Waals surface area contributed by atoms with Crippen molar-refractivity contribution in [2.45, 2.75) is 6.10 Å². The van der Waals surface area contributed by atoms with Crippen molar-refractivity contribution in [3.63, 3.8) is 0 Å². The molecule has 0 aliphatic carbocycles. The number of nitrogens with zero attached hydrogens (tertiary/aromatic N) is 2. The number of nitrogens with one attached hydrogen (secondary N) is 1. The number of ether oxygens (including phenoxy) is 1. The Bertz CT molecular complexity index is 549. The third kappa shape index (κ3) is 3.89. The first kappa shape index (κ1) is 15.2. The van der Waals surface area contributed by atoms with Crippen LogP contribution in [0.15, 0.2) is 18.2 Å². The first-order valence-electron chi connectivity index (χ1n) is 6.59. The number of nitro benzene ring substituents is 1. The standard InChI is InChI=1S/C13H18N4O4/c1-16-4-5-21-10(8-16)7-15-13(18)9-2-3-12(17(19)20)11(14)6-9/h2-3,6,10H,4-5,7-8,14H2,1H3,(H,15,18). The van der Waals surface area contributed by atoms with Crippen molar-refractivity contribution in [3.05, 3.63) is 33.9 Å². The number of hydrogen-bond donors (Lipinski definition) is 2. The Morgan fingerprint density at radius 3 is 3.00 bits per heavy atom. The van der Waals surface area contributed by atoms with Gasteiger partial charge >= 0.3 is 0 Å². The van der Waals surface area contributed by atoms with Gasteiger partial charge in [0.05, 0.1) is 17.6 Å². The van der Waals surface area contributed by atoms with E-state index in [1.54, 1.807) is 0 Å². The van der Waals surface area contributed by atoms with Gasteiger partial charge in [0.1, 0.15) is 5.69 Å². The van der Waals surface area contributed by atoms with Crippen LogP contribution >= 0.6 is 0 Å². The average Bonchev–Trinajstić information content (AvgIpc) is 2.44. The van der Waals surface area contributed by atoms with E-state index in [0.29, 0.717) is 18.7 Å². The van der Waals surface area contributed by atoms with Crippen molar-refractivity contribution in [3.8, 4) is 0 Å². The maximum atomic E-state index is 12.0. The Morgan fingerprint density at radius 1 is 1.62 bits per heavy atom. The topological polar surface area (TPSA) is 111 Å². The quantitative estimate of drug-likeness (QED) is 0.467. The van der Waals surface area contributed by atoms with Crippen molar-refractivity contribution < 1.29 is 14.5 Å². The molecule has 1 aromatic carbocycles. The summed E-state index contributed by atoms with van der Waals surface area (Å²) in [6.07, 6.45) is -0.0527. The van der Waals surface area contributed by atoms with Crippen molar-refractivity contribution in [1.82, 2.24) is 10.2 Å². The van der Waals surface area contributed by atoms with Crippen LogP contribution in [0, 0.1) is 10.1 Å². The van der Waals surface area contributed by atoms with Crippen LogP contribution in [-0.2, 0) is 4.74 Å². The van der Waals surface area contributed by atoms with E-state index in [2.05, 4.69) is 10.2 Å². The fourth-order valence-electron chi connectivity index (χ4n) is 2.16. The molecule has 1 fully saturated rings. The molecule has 1 amide bonds. The second-order valence-corrected chi connectivity index (χ2v) is 5.00. The van der Waals surface area contributed by atoms with Crippen LogP contribution in [0.25, 0.3) is 0 Å². The molecule has 0 aromatic heterocycles. The molecule has 8 heteroatoms. The maximum Gasteiger partial charge on any atom is 0.292 e. The van der Waals surface area contributed by atoms with E-state index in [1.807, 2.05) is 7.05 Å². The monoisotopic (exact) mass is 294 g/mol. The summed E-state index contributed by atoms with van der Waals surface area (Å²) in [4.78, 5) is 24.2. The van der Waals surface area contributed by atoms with Crippen molar-refractivity contribution >= 4 is 17.3 Å². The van der Waals surface area contributed by atoms with E-state index in [4.69, 9.17) is 10.5 Å². The minimum absolute atomic E-state index is 0.0266. The SMILES string of the molecule is CN1CCOC(CNC(=O)c2ccc([N+](=O)[O-])c(N)c2)C1. The van der Waals surface area contributed by atoms with Gasteiger partial charge in [-0.2, -0.15) is 0 Å². The molecule has 1 aliphatic heterocycles. The minimum atomic E-state index is -0.581. The molecule has 1 heterocycles. The molecule has 0 saturated carbocycles. The zero-order chi connectivity index (χ0) is 15.4. The van der Waals surface area contributed by atoms with Gasteiger partial charge in [0.15, 0.2) is 0 Å². The van der Waals surface area contributed by atoms with E-state index in [1.165, 1.54) is 18.2 Å². The predicted molar refractivity (Wildman–Crippen MR) is 77.1 cm³/mol. The van der Waals surface area contributed by atoms with Crippen LogP contribution < -0.4 is 11.1 Å². The normalized spacial score (nSPS) is 19.2. The number of carbonyl (C=O) groups excluding carboxylic acids is 1. The molecular weight excluding hydrogens is 276 g/mol. The number of benzene rings is 1. The summed E-state index contributed by atoms with van der Waals surface area (Å²) < 4.78 is 5.54. The van der Waals surface area contributed by atoms with Gasteiger partial charge in [-0.3, -0.25) is 14.9 Å². The highest BCUT2D eigenvalue weighted by Crippen LogP contribution is 2.21. The largest absolute Gasteiger partial charge is 0.393 e. The molecule has 1 aliphatic rings. The lowest BCUT2D eigenvalue weighted by atomic mass is 10.1.